The maximum Gasteiger partial charge on any atom is 0.230 e. The average Bonchev–Trinajstić information content (AvgIpc) is 3.47. The van der Waals surface area contributed by atoms with Gasteiger partial charge < -0.3 is 19.5 Å². The van der Waals surface area contributed by atoms with Crippen molar-refractivity contribution in [2.24, 2.45) is 0 Å². The summed E-state index contributed by atoms with van der Waals surface area (Å²) in [6, 6.07) is 15.1. The first kappa shape index (κ1) is 17.1. The Kier molecular flexibility index (Phi) is 5.12. The molecule has 3 rings (SSSR count). The fraction of sp³-hybridized carbons (Fsp3) is 0.350. The van der Waals surface area contributed by atoms with E-state index in [1.165, 1.54) is 0 Å². The Hall–Kier alpha value is -2.69. The van der Waals surface area contributed by atoms with Crippen LogP contribution in [0, 0.1) is 0 Å². The van der Waals surface area contributed by atoms with Crippen molar-refractivity contribution < 1.29 is 19.0 Å². The number of amides is 1. The van der Waals surface area contributed by atoms with Gasteiger partial charge in [-0.2, -0.15) is 0 Å². The molecule has 0 aromatic heterocycles. The number of nitrogens with one attached hydrogen (secondary N) is 1. The summed E-state index contributed by atoms with van der Waals surface area (Å²) >= 11 is 0. The Bertz CT molecular complexity index is 723. The highest BCUT2D eigenvalue weighted by Gasteiger charge is 2.52. The van der Waals surface area contributed by atoms with E-state index in [1.54, 1.807) is 14.2 Å². The van der Waals surface area contributed by atoms with Crippen LogP contribution in [0.1, 0.15) is 18.4 Å². The van der Waals surface area contributed by atoms with Gasteiger partial charge in [-0.05, 0) is 43.2 Å². The second-order valence-electron chi connectivity index (χ2n) is 6.06. The number of carbonyl (C=O) groups excluding carboxylic acids is 1. The molecule has 25 heavy (non-hydrogen) atoms. The maximum absolute atomic E-state index is 12.7. The highest BCUT2D eigenvalue weighted by atomic mass is 16.5. The lowest BCUT2D eigenvalue weighted by atomic mass is 9.94. The Balaban J connectivity index is 1.52. The van der Waals surface area contributed by atoms with Gasteiger partial charge in [0.05, 0.1) is 26.2 Å². The van der Waals surface area contributed by atoms with E-state index in [1.807, 2.05) is 48.5 Å². The molecular formula is C20H23NO4. The van der Waals surface area contributed by atoms with Crippen molar-refractivity contribution in [1.82, 2.24) is 5.32 Å². The third-order valence-corrected chi connectivity index (χ3v) is 4.52. The van der Waals surface area contributed by atoms with Crippen molar-refractivity contribution in [3.05, 3.63) is 54.1 Å². The van der Waals surface area contributed by atoms with Crippen LogP contribution in [0.25, 0.3) is 0 Å². The van der Waals surface area contributed by atoms with Crippen molar-refractivity contribution in [2.45, 2.75) is 18.3 Å². The fourth-order valence-electron chi connectivity index (χ4n) is 2.96. The molecular weight excluding hydrogens is 318 g/mol. The van der Waals surface area contributed by atoms with Crippen LogP contribution in [0.4, 0.5) is 0 Å². The number of rotatable bonds is 8. The first-order valence-electron chi connectivity index (χ1n) is 8.38. The van der Waals surface area contributed by atoms with Crippen molar-refractivity contribution in [3.8, 4) is 17.2 Å². The number of methoxy groups -OCH3 is 2. The predicted molar refractivity (Wildman–Crippen MR) is 95.4 cm³/mol. The van der Waals surface area contributed by atoms with E-state index in [0.29, 0.717) is 13.2 Å². The van der Waals surface area contributed by atoms with Crippen molar-refractivity contribution in [2.75, 3.05) is 27.4 Å². The minimum atomic E-state index is -0.452. The minimum Gasteiger partial charge on any atom is -0.497 e. The standard InChI is InChI=1S/C20H23NO4/c1-23-15-7-9-16(10-8-15)25-14-13-21-19(22)20(11-12-20)17-5-3-4-6-18(17)24-2/h3-10H,11-14H2,1-2H3,(H,21,22). The van der Waals surface area contributed by atoms with E-state index < -0.39 is 5.41 Å². The summed E-state index contributed by atoms with van der Waals surface area (Å²) < 4.78 is 16.2. The quantitative estimate of drug-likeness (QED) is 0.750. The van der Waals surface area contributed by atoms with Gasteiger partial charge in [-0.3, -0.25) is 4.79 Å². The lowest BCUT2D eigenvalue weighted by Crippen LogP contribution is -2.37. The van der Waals surface area contributed by atoms with Crippen molar-refractivity contribution >= 4 is 5.91 Å². The van der Waals surface area contributed by atoms with E-state index in [2.05, 4.69) is 5.32 Å². The van der Waals surface area contributed by atoms with Gasteiger partial charge in [-0.1, -0.05) is 18.2 Å². The Morgan fingerprint density at radius 2 is 1.68 bits per heavy atom. The molecule has 1 aliphatic rings. The fourth-order valence-corrected chi connectivity index (χ4v) is 2.96. The lowest BCUT2D eigenvalue weighted by molar-refractivity contribution is -0.123. The summed E-state index contributed by atoms with van der Waals surface area (Å²) in [5.74, 6) is 2.34. The molecule has 0 atom stereocenters. The monoisotopic (exact) mass is 341 g/mol. The van der Waals surface area contributed by atoms with Gasteiger partial charge >= 0.3 is 0 Å². The summed E-state index contributed by atoms with van der Waals surface area (Å²) in [4.78, 5) is 12.7. The second kappa shape index (κ2) is 7.47. The van der Waals surface area contributed by atoms with Crippen LogP contribution in [0.5, 0.6) is 17.2 Å². The van der Waals surface area contributed by atoms with Crippen molar-refractivity contribution in [1.29, 1.82) is 0 Å². The number of hydrogen-bond donors (Lipinski definition) is 1. The molecule has 1 fully saturated rings. The number of ether oxygens (including phenoxy) is 3. The zero-order chi connectivity index (χ0) is 17.7. The molecule has 1 aliphatic carbocycles. The molecule has 0 aliphatic heterocycles. The second-order valence-corrected chi connectivity index (χ2v) is 6.06. The van der Waals surface area contributed by atoms with E-state index >= 15 is 0 Å². The van der Waals surface area contributed by atoms with E-state index in [-0.39, 0.29) is 5.91 Å². The topological polar surface area (TPSA) is 56.8 Å². The van der Waals surface area contributed by atoms with Crippen LogP contribution >= 0.6 is 0 Å². The van der Waals surface area contributed by atoms with Crippen LogP contribution in [0.2, 0.25) is 0 Å². The molecule has 0 bridgehead atoms. The molecule has 1 N–H and O–H groups in total. The minimum absolute atomic E-state index is 0.0373. The van der Waals surface area contributed by atoms with Crippen LogP contribution in [0.3, 0.4) is 0 Å². The largest absolute Gasteiger partial charge is 0.497 e. The Morgan fingerprint density at radius 3 is 2.32 bits per heavy atom. The molecule has 5 nitrogen and oxygen atoms in total. The van der Waals surface area contributed by atoms with E-state index in [0.717, 1.165) is 35.7 Å². The maximum atomic E-state index is 12.7. The van der Waals surface area contributed by atoms with Crippen molar-refractivity contribution in [3.63, 3.8) is 0 Å². The van der Waals surface area contributed by atoms with Gasteiger partial charge in [-0.25, -0.2) is 0 Å². The highest BCUT2D eigenvalue weighted by Crippen LogP contribution is 2.51. The Labute approximate surface area is 147 Å². The van der Waals surface area contributed by atoms with E-state index in [4.69, 9.17) is 14.2 Å². The van der Waals surface area contributed by atoms with E-state index in [9.17, 15) is 4.79 Å². The zero-order valence-electron chi connectivity index (χ0n) is 14.6. The van der Waals surface area contributed by atoms with Gasteiger partial charge in [0.15, 0.2) is 0 Å². The van der Waals surface area contributed by atoms with Crippen LogP contribution in [-0.4, -0.2) is 33.3 Å². The third-order valence-electron chi connectivity index (χ3n) is 4.52. The Morgan fingerprint density at radius 1 is 1.00 bits per heavy atom. The SMILES string of the molecule is COc1ccc(OCCNC(=O)C2(c3ccccc3OC)CC2)cc1. The molecule has 5 heteroatoms. The summed E-state index contributed by atoms with van der Waals surface area (Å²) in [5.41, 5.74) is 0.512. The summed E-state index contributed by atoms with van der Waals surface area (Å²) in [5, 5.41) is 2.98. The first-order valence-corrected chi connectivity index (χ1v) is 8.38. The van der Waals surface area contributed by atoms with Gasteiger partial charge in [0.1, 0.15) is 23.9 Å². The molecule has 0 radical (unpaired) electrons. The molecule has 2 aromatic carbocycles. The smallest absolute Gasteiger partial charge is 0.230 e. The lowest BCUT2D eigenvalue weighted by Gasteiger charge is -2.18. The molecule has 0 saturated heterocycles. The molecule has 0 spiro atoms. The normalized spacial score (nSPS) is 14.5. The number of benzene rings is 2. The van der Waals surface area contributed by atoms with Gasteiger partial charge in [-0.15, -0.1) is 0 Å². The molecule has 0 unspecified atom stereocenters. The predicted octanol–water partition coefficient (Wildman–Crippen LogP) is 2.93. The number of para-hydroxylation sites is 1. The van der Waals surface area contributed by atoms with Gasteiger partial charge in [0.2, 0.25) is 5.91 Å². The summed E-state index contributed by atoms with van der Waals surface area (Å²) in [6.45, 7) is 0.877. The molecule has 2 aromatic rings. The van der Waals surface area contributed by atoms with Crippen LogP contribution in [-0.2, 0) is 10.2 Å². The average molecular weight is 341 g/mol. The first-order chi connectivity index (χ1) is 12.2. The molecule has 0 heterocycles. The van der Waals surface area contributed by atoms with Gasteiger partial charge in [0.25, 0.3) is 0 Å². The van der Waals surface area contributed by atoms with Gasteiger partial charge in [0, 0.05) is 5.56 Å². The summed E-state index contributed by atoms with van der Waals surface area (Å²) in [7, 11) is 3.26. The molecule has 1 amide bonds. The number of hydrogen-bond acceptors (Lipinski definition) is 4. The third kappa shape index (κ3) is 3.71. The molecule has 1 saturated carbocycles. The number of carbonyl (C=O) groups is 1. The summed E-state index contributed by atoms with van der Waals surface area (Å²) in [6.07, 6.45) is 1.69. The van der Waals surface area contributed by atoms with Crippen LogP contribution < -0.4 is 19.5 Å². The van der Waals surface area contributed by atoms with Crippen LogP contribution in [0.15, 0.2) is 48.5 Å². The highest BCUT2D eigenvalue weighted by molar-refractivity contribution is 5.92. The zero-order valence-corrected chi connectivity index (χ0v) is 14.6. The molecule has 132 valence electrons.